The summed E-state index contributed by atoms with van der Waals surface area (Å²) in [5.41, 5.74) is 5.43. The van der Waals surface area contributed by atoms with Crippen LogP contribution in [0.5, 0.6) is 0 Å². The fourth-order valence-corrected chi connectivity index (χ4v) is 6.11. The molecule has 2 fully saturated rings. The van der Waals surface area contributed by atoms with Crippen LogP contribution in [-0.4, -0.2) is 84.3 Å². The Morgan fingerprint density at radius 1 is 1.10 bits per heavy atom. The first kappa shape index (κ1) is 29.9. The van der Waals surface area contributed by atoms with Gasteiger partial charge in [-0.1, -0.05) is 11.8 Å². The Bertz CT molecular complexity index is 1320. The van der Waals surface area contributed by atoms with E-state index < -0.39 is 0 Å². The fourth-order valence-electron chi connectivity index (χ4n) is 6.11. The number of carbonyl (C=O) groups is 1. The number of likely N-dealkylation sites (tertiary alicyclic amines) is 1. The maximum absolute atomic E-state index is 13.6. The molecule has 2 aromatic rings. The number of carbonyl (C=O) groups excluding carboxylic acids is 1. The minimum absolute atomic E-state index is 0.161. The largest absolute Gasteiger partial charge is 0.390 e. The van der Waals surface area contributed by atoms with Crippen LogP contribution in [-0.2, 0) is 6.54 Å². The number of H-pyrrole nitrogens is 1. The van der Waals surface area contributed by atoms with Crippen LogP contribution in [0.4, 0.5) is 5.69 Å². The van der Waals surface area contributed by atoms with Crippen molar-refractivity contribution in [3.63, 3.8) is 0 Å². The van der Waals surface area contributed by atoms with Gasteiger partial charge in [0.1, 0.15) is 0 Å². The molecule has 1 saturated heterocycles. The zero-order valence-corrected chi connectivity index (χ0v) is 24.9. The highest BCUT2D eigenvalue weighted by molar-refractivity contribution is 5.97. The molecule has 2 heterocycles. The summed E-state index contributed by atoms with van der Waals surface area (Å²) in [6.07, 6.45) is 4.28. The lowest BCUT2D eigenvalue weighted by molar-refractivity contribution is 0.0111. The molecule has 0 radical (unpaired) electrons. The summed E-state index contributed by atoms with van der Waals surface area (Å²) < 4.78 is 0. The number of aryl methyl sites for hydroxylation is 2. The lowest BCUT2D eigenvalue weighted by atomic mass is 9.88. The molecule has 40 heavy (non-hydrogen) atoms. The van der Waals surface area contributed by atoms with Gasteiger partial charge in [-0.2, -0.15) is 0 Å². The van der Waals surface area contributed by atoms with E-state index in [1.54, 1.807) is 0 Å². The van der Waals surface area contributed by atoms with Crippen molar-refractivity contribution in [1.82, 2.24) is 20.1 Å². The van der Waals surface area contributed by atoms with Gasteiger partial charge in [0.2, 0.25) is 0 Å². The molecule has 4 rings (SSSR count). The second-order valence-electron chi connectivity index (χ2n) is 11.7. The van der Waals surface area contributed by atoms with Gasteiger partial charge in [0, 0.05) is 66.3 Å². The third-order valence-corrected chi connectivity index (χ3v) is 8.51. The van der Waals surface area contributed by atoms with Crippen LogP contribution in [0.2, 0.25) is 0 Å². The zero-order chi connectivity index (χ0) is 29.0. The van der Waals surface area contributed by atoms with E-state index in [9.17, 15) is 14.7 Å². The number of pyridine rings is 1. The molecular formula is C32H45N5O3. The number of anilines is 1. The van der Waals surface area contributed by atoms with Crippen molar-refractivity contribution in [2.24, 2.45) is 0 Å². The SMILES string of the molecule is CCN(c1cc(C#CCN2CC(O)C2)cc(C(=O)NCc2c(C)cc(C)[nH]c2=O)c1C)C1CCC(N(C)C)CC1. The molecule has 1 saturated carbocycles. The van der Waals surface area contributed by atoms with E-state index >= 15 is 0 Å². The molecule has 0 atom stereocenters. The second-order valence-corrected chi connectivity index (χ2v) is 11.7. The topological polar surface area (TPSA) is 91.9 Å². The molecule has 216 valence electrons. The van der Waals surface area contributed by atoms with E-state index in [4.69, 9.17) is 0 Å². The maximum atomic E-state index is 13.6. The number of hydrogen-bond acceptors (Lipinski definition) is 6. The summed E-state index contributed by atoms with van der Waals surface area (Å²) in [5.74, 6) is 6.31. The summed E-state index contributed by atoms with van der Waals surface area (Å²) in [4.78, 5) is 35.8. The molecule has 8 nitrogen and oxygen atoms in total. The number of aromatic amines is 1. The number of nitrogens with zero attached hydrogens (tertiary/aromatic N) is 3. The molecule has 1 aromatic heterocycles. The third kappa shape index (κ3) is 6.95. The summed E-state index contributed by atoms with van der Waals surface area (Å²) in [6.45, 7) is 10.8. The zero-order valence-electron chi connectivity index (χ0n) is 24.9. The molecule has 8 heteroatoms. The second kappa shape index (κ2) is 13.0. The molecule has 0 spiro atoms. The molecule has 3 N–H and O–H groups in total. The number of aromatic nitrogens is 1. The van der Waals surface area contributed by atoms with Crippen molar-refractivity contribution >= 4 is 11.6 Å². The Morgan fingerprint density at radius 3 is 2.38 bits per heavy atom. The smallest absolute Gasteiger partial charge is 0.253 e. The molecule has 1 amide bonds. The Balaban J connectivity index is 1.62. The molecule has 1 aliphatic carbocycles. The number of amides is 1. The highest BCUT2D eigenvalue weighted by Gasteiger charge is 2.28. The molecule has 0 bridgehead atoms. The van der Waals surface area contributed by atoms with Gasteiger partial charge in [-0.3, -0.25) is 14.5 Å². The highest BCUT2D eigenvalue weighted by atomic mass is 16.3. The Hall–Kier alpha value is -3.12. The number of nitrogens with one attached hydrogen (secondary N) is 2. The van der Waals surface area contributed by atoms with Crippen LogP contribution in [0, 0.1) is 32.6 Å². The van der Waals surface area contributed by atoms with Gasteiger partial charge in [-0.05, 0) is 96.8 Å². The third-order valence-electron chi connectivity index (χ3n) is 8.51. The van der Waals surface area contributed by atoms with Gasteiger partial charge in [0.05, 0.1) is 12.6 Å². The maximum Gasteiger partial charge on any atom is 0.253 e. The van der Waals surface area contributed by atoms with E-state index in [1.807, 2.05) is 32.9 Å². The predicted molar refractivity (Wildman–Crippen MR) is 161 cm³/mol. The van der Waals surface area contributed by atoms with Crippen LogP contribution in [0.3, 0.4) is 0 Å². The van der Waals surface area contributed by atoms with Crippen molar-refractivity contribution in [2.45, 2.75) is 78.1 Å². The van der Waals surface area contributed by atoms with Crippen molar-refractivity contribution in [3.05, 3.63) is 62.1 Å². The Labute approximate surface area is 238 Å². The van der Waals surface area contributed by atoms with Crippen LogP contribution in [0.1, 0.15) is 70.9 Å². The van der Waals surface area contributed by atoms with Gasteiger partial charge in [-0.25, -0.2) is 0 Å². The standard InChI is InChI=1S/C32H45N5O3/c1-7-37(26-12-10-25(11-13-26)35(5)6)30-17-24(9-8-14-36-19-27(38)20-36)16-28(23(30)4)31(39)33-18-29-21(2)15-22(3)34-32(29)40/h15-17,25-27,38H,7,10-14,18-20H2,1-6H3,(H,33,39)(H,34,40). The van der Waals surface area contributed by atoms with Crippen LogP contribution >= 0.6 is 0 Å². The van der Waals surface area contributed by atoms with E-state index in [0.29, 0.717) is 42.8 Å². The van der Waals surface area contributed by atoms with Crippen molar-refractivity contribution in [3.8, 4) is 11.8 Å². The molecular weight excluding hydrogens is 502 g/mol. The number of benzene rings is 1. The van der Waals surface area contributed by atoms with E-state index in [2.05, 4.69) is 63.9 Å². The van der Waals surface area contributed by atoms with Gasteiger partial charge >= 0.3 is 0 Å². The van der Waals surface area contributed by atoms with Crippen LogP contribution in [0.15, 0.2) is 23.0 Å². The van der Waals surface area contributed by atoms with Gasteiger partial charge in [0.25, 0.3) is 11.5 Å². The van der Waals surface area contributed by atoms with Crippen LogP contribution < -0.4 is 15.8 Å². The Kier molecular flexibility index (Phi) is 9.72. The monoisotopic (exact) mass is 547 g/mol. The van der Waals surface area contributed by atoms with Gasteiger partial charge < -0.3 is 25.2 Å². The molecule has 1 aliphatic heterocycles. The Morgan fingerprint density at radius 2 is 1.77 bits per heavy atom. The van der Waals surface area contributed by atoms with Crippen molar-refractivity contribution in [1.29, 1.82) is 0 Å². The minimum Gasteiger partial charge on any atom is -0.390 e. The van der Waals surface area contributed by atoms with Crippen LogP contribution in [0.25, 0.3) is 0 Å². The van der Waals surface area contributed by atoms with Crippen molar-refractivity contribution in [2.75, 3.05) is 45.2 Å². The molecule has 0 unspecified atom stereocenters. The fraction of sp³-hybridized carbons (Fsp3) is 0.562. The summed E-state index contributed by atoms with van der Waals surface area (Å²) >= 11 is 0. The number of aliphatic hydroxyl groups excluding tert-OH is 1. The predicted octanol–water partition coefficient (Wildman–Crippen LogP) is 2.96. The number of rotatable bonds is 8. The van der Waals surface area contributed by atoms with Gasteiger partial charge in [0.15, 0.2) is 0 Å². The van der Waals surface area contributed by atoms with E-state index in [0.717, 1.165) is 60.3 Å². The molecule has 2 aliphatic rings. The first-order chi connectivity index (χ1) is 19.1. The quantitative estimate of drug-likeness (QED) is 0.440. The van der Waals surface area contributed by atoms with E-state index in [-0.39, 0.29) is 24.1 Å². The normalized spacial score (nSPS) is 19.6. The number of β-amino-alcohol motifs (C(OH)–C–C–N with tert-alkyl or cyclic N) is 1. The summed E-state index contributed by atoms with van der Waals surface area (Å²) in [6, 6.07) is 6.94. The lowest BCUT2D eigenvalue weighted by Gasteiger charge is -2.40. The van der Waals surface area contributed by atoms with E-state index in [1.165, 1.54) is 0 Å². The highest BCUT2D eigenvalue weighted by Crippen LogP contribution is 2.33. The average Bonchev–Trinajstić information content (AvgIpc) is 2.89. The first-order valence-electron chi connectivity index (χ1n) is 14.5. The minimum atomic E-state index is -0.256. The average molecular weight is 548 g/mol. The first-order valence-corrected chi connectivity index (χ1v) is 14.5. The van der Waals surface area contributed by atoms with Gasteiger partial charge in [-0.15, -0.1) is 0 Å². The number of aliphatic hydroxyl groups is 1. The lowest BCUT2D eigenvalue weighted by Crippen LogP contribution is -2.50. The van der Waals surface area contributed by atoms with Crippen molar-refractivity contribution < 1.29 is 9.90 Å². The summed E-state index contributed by atoms with van der Waals surface area (Å²) in [7, 11) is 4.32. The number of hydrogen-bond donors (Lipinski definition) is 3. The molecule has 1 aromatic carbocycles. The summed E-state index contributed by atoms with van der Waals surface area (Å²) in [5, 5.41) is 12.6.